The maximum Gasteiger partial charge on any atom is 0.416 e. The number of hydrogen-bond acceptors (Lipinski definition) is 5. The summed E-state index contributed by atoms with van der Waals surface area (Å²) in [5, 5.41) is 4.49. The van der Waals surface area contributed by atoms with Crippen LogP contribution in [0.25, 0.3) is 10.9 Å². The molecule has 0 aliphatic heterocycles. The summed E-state index contributed by atoms with van der Waals surface area (Å²) in [6.07, 6.45) is -0.630. The highest BCUT2D eigenvalue weighted by molar-refractivity contribution is 7.15. The number of halogens is 3. The zero-order valence-corrected chi connectivity index (χ0v) is 17.3. The number of Topliss-reactive ketones (excluding diaryl/α,β-unsaturated/α-hetero) is 1. The van der Waals surface area contributed by atoms with E-state index in [1.165, 1.54) is 23.5 Å². The predicted molar refractivity (Wildman–Crippen MR) is 116 cm³/mol. The summed E-state index contributed by atoms with van der Waals surface area (Å²) >= 11 is 1.38. The Morgan fingerprint density at radius 3 is 2.61 bits per heavy atom. The number of nitrogens with zero attached hydrogens (tertiary/aromatic N) is 2. The lowest BCUT2D eigenvalue weighted by atomic mass is 9.98. The van der Waals surface area contributed by atoms with Gasteiger partial charge in [0.25, 0.3) is 0 Å². The minimum absolute atomic E-state index is 0.0314. The molecule has 1 atom stereocenters. The fourth-order valence-electron chi connectivity index (χ4n) is 3.18. The summed E-state index contributed by atoms with van der Waals surface area (Å²) < 4.78 is 38.0. The van der Waals surface area contributed by atoms with E-state index in [9.17, 15) is 18.0 Å². The van der Waals surface area contributed by atoms with E-state index in [4.69, 9.17) is 0 Å². The van der Waals surface area contributed by atoms with Crippen LogP contribution in [0.15, 0.2) is 67.0 Å². The van der Waals surface area contributed by atoms with Crippen LogP contribution in [0.1, 0.15) is 40.1 Å². The van der Waals surface area contributed by atoms with Gasteiger partial charge in [-0.1, -0.05) is 13.0 Å². The van der Waals surface area contributed by atoms with Crippen LogP contribution in [0, 0.1) is 0 Å². The number of ketones is 1. The highest BCUT2D eigenvalue weighted by atomic mass is 32.1. The van der Waals surface area contributed by atoms with Crippen molar-refractivity contribution in [2.75, 3.05) is 5.32 Å². The maximum atomic E-state index is 12.7. The average Bonchev–Trinajstić information content (AvgIpc) is 3.22. The molecule has 0 saturated heterocycles. The molecule has 0 aliphatic carbocycles. The molecule has 4 rings (SSSR count). The Balaban J connectivity index is 1.41. The van der Waals surface area contributed by atoms with Crippen molar-refractivity contribution in [3.63, 3.8) is 0 Å². The summed E-state index contributed by atoms with van der Waals surface area (Å²) in [6, 6.07) is 14.0. The molecule has 1 N–H and O–H groups in total. The molecule has 2 aromatic heterocycles. The molecule has 0 aliphatic rings. The normalized spacial score (nSPS) is 12.6. The number of alkyl halides is 3. The second-order valence-corrected chi connectivity index (χ2v) is 8.27. The van der Waals surface area contributed by atoms with Crippen LogP contribution in [0.4, 0.5) is 24.0 Å². The van der Waals surface area contributed by atoms with Crippen LogP contribution in [-0.2, 0) is 6.18 Å². The molecule has 2 aromatic carbocycles. The molecule has 1 unspecified atom stereocenters. The largest absolute Gasteiger partial charge is 0.416 e. The second-order valence-electron chi connectivity index (χ2n) is 7.21. The van der Waals surface area contributed by atoms with Gasteiger partial charge in [-0.2, -0.15) is 13.2 Å². The molecule has 31 heavy (non-hydrogen) atoms. The molecule has 8 heteroatoms. The van der Waals surface area contributed by atoms with E-state index in [1.54, 1.807) is 18.5 Å². The number of benzene rings is 2. The van der Waals surface area contributed by atoms with Gasteiger partial charge in [-0.3, -0.25) is 9.78 Å². The fraction of sp³-hybridized carbons (Fsp3) is 0.174. The van der Waals surface area contributed by atoms with Gasteiger partial charge in [0.15, 0.2) is 10.9 Å². The van der Waals surface area contributed by atoms with Gasteiger partial charge < -0.3 is 5.32 Å². The second kappa shape index (κ2) is 8.47. The minimum Gasteiger partial charge on any atom is -0.332 e. The van der Waals surface area contributed by atoms with Crippen molar-refractivity contribution < 1.29 is 18.0 Å². The van der Waals surface area contributed by atoms with Gasteiger partial charge >= 0.3 is 6.18 Å². The smallest absolute Gasteiger partial charge is 0.332 e. The first-order valence-electron chi connectivity index (χ1n) is 9.57. The third-order valence-corrected chi connectivity index (χ3v) is 6.03. The van der Waals surface area contributed by atoms with E-state index >= 15 is 0 Å². The fourth-order valence-corrected chi connectivity index (χ4v) is 4.07. The van der Waals surface area contributed by atoms with Crippen molar-refractivity contribution in [2.24, 2.45) is 0 Å². The topological polar surface area (TPSA) is 54.9 Å². The molecule has 0 fully saturated rings. The summed E-state index contributed by atoms with van der Waals surface area (Å²) in [7, 11) is 0. The lowest BCUT2D eigenvalue weighted by Gasteiger charge is -2.09. The summed E-state index contributed by atoms with van der Waals surface area (Å²) in [5.41, 5.74) is 1.30. The first kappa shape index (κ1) is 21.0. The van der Waals surface area contributed by atoms with Crippen molar-refractivity contribution in [1.82, 2.24) is 9.97 Å². The van der Waals surface area contributed by atoms with Crippen molar-refractivity contribution in [1.29, 1.82) is 0 Å². The van der Waals surface area contributed by atoms with Gasteiger partial charge in [0, 0.05) is 40.3 Å². The molecule has 158 valence electrons. The van der Waals surface area contributed by atoms with Crippen molar-refractivity contribution in [2.45, 2.75) is 25.4 Å². The number of carbonyl (C=O) groups excluding carboxylic acids is 1. The van der Waals surface area contributed by atoms with E-state index in [0.717, 1.165) is 27.9 Å². The number of thiazole rings is 1. The number of carbonyl (C=O) groups is 1. The van der Waals surface area contributed by atoms with Crippen molar-refractivity contribution in [3.05, 3.63) is 83.0 Å². The molecular formula is C23H18F3N3OS. The molecule has 0 saturated carbocycles. The van der Waals surface area contributed by atoms with Crippen molar-refractivity contribution in [3.8, 4) is 0 Å². The van der Waals surface area contributed by atoms with E-state index in [1.807, 2.05) is 31.2 Å². The highest BCUT2D eigenvalue weighted by Crippen LogP contribution is 2.33. The van der Waals surface area contributed by atoms with Crippen molar-refractivity contribution >= 4 is 38.8 Å². The number of anilines is 2. The zero-order chi connectivity index (χ0) is 22.0. The number of rotatable bonds is 6. The lowest BCUT2D eigenvalue weighted by molar-refractivity contribution is -0.137. The molecular weight excluding hydrogens is 423 g/mol. The van der Waals surface area contributed by atoms with Gasteiger partial charge in [-0.15, -0.1) is 11.3 Å². The molecule has 4 nitrogen and oxygen atoms in total. The Morgan fingerprint density at radius 2 is 1.87 bits per heavy atom. The van der Waals surface area contributed by atoms with E-state index in [-0.39, 0.29) is 11.7 Å². The Bertz CT molecular complexity index is 1220. The van der Waals surface area contributed by atoms with Gasteiger partial charge in [-0.25, -0.2) is 4.98 Å². The minimum atomic E-state index is -4.36. The van der Waals surface area contributed by atoms with Crippen LogP contribution >= 0.6 is 11.3 Å². The van der Waals surface area contributed by atoms with E-state index in [2.05, 4.69) is 15.3 Å². The van der Waals surface area contributed by atoms with Gasteiger partial charge in [0.1, 0.15) is 0 Å². The molecule has 0 radical (unpaired) electrons. The Kier molecular flexibility index (Phi) is 5.73. The van der Waals surface area contributed by atoms with Gasteiger partial charge in [0.05, 0.1) is 11.1 Å². The number of hydrogen-bond donors (Lipinski definition) is 1. The third kappa shape index (κ3) is 4.91. The zero-order valence-electron chi connectivity index (χ0n) is 16.5. The average molecular weight is 441 g/mol. The predicted octanol–water partition coefficient (Wildman–Crippen LogP) is 6.83. The van der Waals surface area contributed by atoms with Crippen LogP contribution < -0.4 is 5.32 Å². The number of nitrogens with one attached hydrogen (secondary N) is 1. The van der Waals surface area contributed by atoms with Crippen LogP contribution in [0.3, 0.4) is 0 Å². The number of aromatic nitrogens is 2. The van der Waals surface area contributed by atoms with Crippen LogP contribution in [0.5, 0.6) is 0 Å². The van der Waals surface area contributed by atoms with Crippen LogP contribution in [-0.4, -0.2) is 15.8 Å². The first-order valence-corrected chi connectivity index (χ1v) is 10.4. The van der Waals surface area contributed by atoms with Gasteiger partial charge in [-0.05, 0) is 54.4 Å². The Hall–Kier alpha value is -3.26. The Morgan fingerprint density at radius 1 is 1.10 bits per heavy atom. The molecule has 2 heterocycles. The molecule has 0 spiro atoms. The van der Waals surface area contributed by atoms with E-state index in [0.29, 0.717) is 22.8 Å². The van der Waals surface area contributed by atoms with Gasteiger partial charge in [0.2, 0.25) is 0 Å². The standard InChI is InChI=1S/C23H18F3N3OS/c1-14(11-20(30)16-4-9-19-15(12-16)3-2-10-27-19)21-13-28-22(31-21)29-18-7-5-17(6-8-18)23(24,25)26/h2-10,12-14H,11H2,1H3,(H,28,29). The third-order valence-electron chi connectivity index (χ3n) is 4.89. The number of pyridine rings is 1. The number of fused-ring (bicyclic) bond motifs is 1. The highest BCUT2D eigenvalue weighted by Gasteiger charge is 2.30. The summed E-state index contributed by atoms with van der Waals surface area (Å²) in [6.45, 7) is 1.95. The monoisotopic (exact) mass is 441 g/mol. The van der Waals surface area contributed by atoms with Crippen LogP contribution in [0.2, 0.25) is 0 Å². The van der Waals surface area contributed by atoms with E-state index < -0.39 is 11.7 Å². The molecule has 4 aromatic rings. The summed E-state index contributed by atoms with van der Waals surface area (Å²) in [4.78, 5) is 22.2. The lowest BCUT2D eigenvalue weighted by Crippen LogP contribution is -2.04. The Labute approximate surface area is 180 Å². The summed E-state index contributed by atoms with van der Waals surface area (Å²) in [5.74, 6) is -0.0124. The molecule has 0 bridgehead atoms. The molecule has 0 amide bonds. The SMILES string of the molecule is CC(CC(=O)c1ccc2ncccc2c1)c1cnc(Nc2ccc(C(F)(F)F)cc2)s1. The quantitative estimate of drug-likeness (QED) is 0.333. The maximum absolute atomic E-state index is 12.7. The first-order chi connectivity index (χ1) is 14.8.